The first-order valence-corrected chi connectivity index (χ1v) is 9.57. The molecule has 2 N–H and O–H groups in total. The number of allylic oxidation sites excluding steroid dienone is 1. The van der Waals surface area contributed by atoms with Gasteiger partial charge in [0.2, 0.25) is 0 Å². The van der Waals surface area contributed by atoms with Crippen molar-refractivity contribution in [3.05, 3.63) is 72.0 Å². The number of rotatable bonds is 4. The molecule has 0 saturated carbocycles. The second-order valence-electron chi connectivity index (χ2n) is 6.10. The van der Waals surface area contributed by atoms with E-state index in [0.717, 1.165) is 28.0 Å². The van der Waals surface area contributed by atoms with E-state index in [1.54, 1.807) is 30.9 Å². The minimum Gasteiger partial charge on any atom is -0.353 e. The third kappa shape index (κ3) is 4.27. The van der Waals surface area contributed by atoms with Gasteiger partial charge in [-0.3, -0.25) is 4.98 Å². The van der Waals surface area contributed by atoms with Crippen molar-refractivity contribution in [3.8, 4) is 11.3 Å². The van der Waals surface area contributed by atoms with Crippen molar-refractivity contribution in [1.29, 1.82) is 0 Å². The van der Waals surface area contributed by atoms with Gasteiger partial charge in [0.1, 0.15) is 11.3 Å². The van der Waals surface area contributed by atoms with E-state index in [9.17, 15) is 4.39 Å². The molecule has 0 spiro atoms. The highest BCUT2D eigenvalue weighted by atomic mass is 35.5. The number of aromatic nitrogens is 4. The Labute approximate surface area is 173 Å². The monoisotopic (exact) mass is 409 g/mol. The number of nitrogens with zero attached hydrogens (tertiary/aromatic N) is 3. The standard InChI is InChI=1S/C20H15ClFN5.C2H6/c1-11(2)14-9-24-17(13-7-12(21)3-4-15(13)22)8-18(14)27-16-5-6-23-20-19(16)25-10-26-20;1-2/h3-10H,1H2,2H3,(H2,23,24,25,26,27);1-2H3. The maximum Gasteiger partial charge on any atom is 0.179 e. The molecule has 0 aliphatic carbocycles. The van der Waals surface area contributed by atoms with Gasteiger partial charge < -0.3 is 10.3 Å². The first-order valence-electron chi connectivity index (χ1n) is 9.19. The molecule has 0 radical (unpaired) electrons. The van der Waals surface area contributed by atoms with Crippen LogP contribution >= 0.6 is 11.6 Å². The predicted octanol–water partition coefficient (Wildman–Crippen LogP) is 6.62. The molecule has 5 nitrogen and oxygen atoms in total. The Morgan fingerprint density at radius 1 is 1.10 bits per heavy atom. The van der Waals surface area contributed by atoms with E-state index in [1.165, 1.54) is 12.1 Å². The fourth-order valence-electron chi connectivity index (χ4n) is 2.84. The molecule has 148 valence electrons. The van der Waals surface area contributed by atoms with Crippen molar-refractivity contribution in [2.45, 2.75) is 20.8 Å². The van der Waals surface area contributed by atoms with Gasteiger partial charge in [-0.1, -0.05) is 32.0 Å². The third-order valence-electron chi connectivity index (χ3n) is 4.16. The smallest absolute Gasteiger partial charge is 0.179 e. The van der Waals surface area contributed by atoms with Crippen molar-refractivity contribution in [3.63, 3.8) is 0 Å². The number of imidazole rings is 1. The van der Waals surface area contributed by atoms with Crippen LogP contribution in [0.25, 0.3) is 28.0 Å². The lowest BCUT2D eigenvalue weighted by molar-refractivity contribution is 0.631. The summed E-state index contributed by atoms with van der Waals surface area (Å²) in [7, 11) is 0. The summed E-state index contributed by atoms with van der Waals surface area (Å²) in [4.78, 5) is 15.8. The van der Waals surface area contributed by atoms with Gasteiger partial charge in [0, 0.05) is 34.2 Å². The van der Waals surface area contributed by atoms with Crippen molar-refractivity contribution in [2.75, 3.05) is 5.32 Å². The summed E-state index contributed by atoms with van der Waals surface area (Å²) in [6.07, 6.45) is 4.93. The zero-order valence-electron chi connectivity index (χ0n) is 16.4. The number of hydrogen-bond donors (Lipinski definition) is 2. The number of hydrogen-bond acceptors (Lipinski definition) is 4. The highest BCUT2D eigenvalue weighted by Gasteiger charge is 2.13. The summed E-state index contributed by atoms with van der Waals surface area (Å²) in [6, 6.07) is 8.01. The first-order chi connectivity index (χ1) is 14.0. The van der Waals surface area contributed by atoms with Gasteiger partial charge in [-0.2, -0.15) is 0 Å². The van der Waals surface area contributed by atoms with Gasteiger partial charge in [-0.25, -0.2) is 14.4 Å². The highest BCUT2D eigenvalue weighted by Crippen LogP contribution is 2.32. The molecule has 0 aliphatic heterocycles. The maximum absolute atomic E-state index is 14.3. The fraction of sp³-hybridized carbons (Fsp3) is 0.136. The zero-order valence-corrected chi connectivity index (χ0v) is 17.2. The summed E-state index contributed by atoms with van der Waals surface area (Å²) < 4.78 is 14.3. The molecule has 1 aromatic carbocycles. The van der Waals surface area contributed by atoms with Crippen LogP contribution in [-0.4, -0.2) is 19.9 Å². The van der Waals surface area contributed by atoms with Crippen LogP contribution in [0.3, 0.4) is 0 Å². The number of benzene rings is 1. The molecule has 4 aromatic rings. The second-order valence-corrected chi connectivity index (χ2v) is 6.54. The quantitative estimate of drug-likeness (QED) is 0.397. The van der Waals surface area contributed by atoms with E-state index in [-0.39, 0.29) is 5.82 Å². The topological polar surface area (TPSA) is 66.5 Å². The Bertz CT molecular complexity index is 1170. The van der Waals surface area contributed by atoms with Crippen LogP contribution in [0.1, 0.15) is 26.3 Å². The Balaban J connectivity index is 0.00000117. The summed E-state index contributed by atoms with van der Waals surface area (Å²) in [5.74, 6) is -0.388. The van der Waals surface area contributed by atoms with E-state index < -0.39 is 0 Å². The highest BCUT2D eigenvalue weighted by molar-refractivity contribution is 6.30. The van der Waals surface area contributed by atoms with Crippen LogP contribution < -0.4 is 5.32 Å². The molecule has 29 heavy (non-hydrogen) atoms. The maximum atomic E-state index is 14.3. The molecule has 7 heteroatoms. The minimum atomic E-state index is -0.388. The Morgan fingerprint density at radius 2 is 1.90 bits per heavy atom. The third-order valence-corrected chi connectivity index (χ3v) is 4.40. The Morgan fingerprint density at radius 3 is 2.66 bits per heavy atom. The van der Waals surface area contributed by atoms with E-state index in [4.69, 9.17) is 11.6 Å². The molecule has 0 amide bonds. The van der Waals surface area contributed by atoms with Gasteiger partial charge in [0.05, 0.1) is 17.7 Å². The molecule has 0 aliphatic rings. The summed E-state index contributed by atoms with van der Waals surface area (Å²) >= 11 is 6.03. The number of nitrogens with one attached hydrogen (secondary N) is 2. The molecule has 0 fully saturated rings. The lowest BCUT2D eigenvalue weighted by atomic mass is 10.0. The van der Waals surface area contributed by atoms with Crippen molar-refractivity contribution in [2.24, 2.45) is 0 Å². The SMILES string of the molecule is C=C(C)c1cnc(-c2cc(Cl)ccc2F)cc1Nc1ccnc2nc[nH]c12.CC. The number of fused-ring (bicyclic) bond motifs is 1. The van der Waals surface area contributed by atoms with Gasteiger partial charge in [0.15, 0.2) is 5.65 Å². The lowest BCUT2D eigenvalue weighted by Crippen LogP contribution is -1.99. The molecular formula is C22H21ClFN5. The van der Waals surface area contributed by atoms with Gasteiger partial charge >= 0.3 is 0 Å². The second kappa shape index (κ2) is 8.84. The van der Waals surface area contributed by atoms with Crippen molar-refractivity contribution in [1.82, 2.24) is 19.9 Å². The van der Waals surface area contributed by atoms with E-state index >= 15 is 0 Å². The fourth-order valence-corrected chi connectivity index (χ4v) is 3.01. The first kappa shape index (κ1) is 20.5. The molecule has 0 unspecified atom stereocenters. The number of aromatic amines is 1. The van der Waals surface area contributed by atoms with Gasteiger partial charge in [0.25, 0.3) is 0 Å². The Hall–Kier alpha value is -3.25. The van der Waals surface area contributed by atoms with Crippen LogP contribution in [-0.2, 0) is 0 Å². The predicted molar refractivity (Wildman–Crippen MR) is 118 cm³/mol. The average molecular weight is 410 g/mol. The summed E-state index contributed by atoms with van der Waals surface area (Å²) in [6.45, 7) is 9.90. The van der Waals surface area contributed by atoms with Gasteiger partial charge in [-0.05, 0) is 42.8 Å². The van der Waals surface area contributed by atoms with Gasteiger partial charge in [-0.15, -0.1) is 0 Å². The summed E-state index contributed by atoms with van der Waals surface area (Å²) in [5.41, 5.74) is 5.38. The zero-order chi connectivity index (χ0) is 21.0. The van der Waals surface area contributed by atoms with Crippen LogP contribution in [0.15, 0.2) is 55.6 Å². The number of anilines is 2. The number of pyridine rings is 2. The molecule has 4 rings (SSSR count). The molecular weight excluding hydrogens is 389 g/mol. The van der Waals surface area contributed by atoms with Crippen LogP contribution in [0, 0.1) is 5.82 Å². The van der Waals surface area contributed by atoms with E-state index in [0.29, 0.717) is 21.9 Å². The molecule has 3 heterocycles. The average Bonchev–Trinajstić information content (AvgIpc) is 3.21. The van der Waals surface area contributed by atoms with E-state index in [1.807, 2.05) is 26.8 Å². The summed E-state index contributed by atoms with van der Waals surface area (Å²) in [5, 5.41) is 3.80. The largest absolute Gasteiger partial charge is 0.353 e. The molecule has 3 aromatic heterocycles. The van der Waals surface area contributed by atoms with E-state index in [2.05, 4.69) is 31.8 Å². The molecule has 0 bridgehead atoms. The lowest BCUT2D eigenvalue weighted by Gasteiger charge is -2.14. The van der Waals surface area contributed by atoms with Crippen molar-refractivity contribution >= 4 is 39.7 Å². The minimum absolute atomic E-state index is 0.334. The number of H-pyrrole nitrogens is 1. The van der Waals surface area contributed by atoms with Crippen LogP contribution in [0.2, 0.25) is 5.02 Å². The normalized spacial score (nSPS) is 10.4. The number of halogens is 2. The van der Waals surface area contributed by atoms with Crippen molar-refractivity contribution < 1.29 is 4.39 Å². The van der Waals surface area contributed by atoms with Crippen LogP contribution in [0.5, 0.6) is 0 Å². The molecule has 0 atom stereocenters. The Kier molecular flexibility index (Phi) is 6.24. The molecule has 0 saturated heterocycles. The van der Waals surface area contributed by atoms with Crippen LogP contribution in [0.4, 0.5) is 15.8 Å².